The molecule has 0 bridgehead atoms. The van der Waals surface area contributed by atoms with Gasteiger partial charge in [-0.3, -0.25) is 0 Å². The predicted octanol–water partition coefficient (Wildman–Crippen LogP) is 5.83. The topological polar surface area (TPSA) is 94.9 Å². The van der Waals surface area contributed by atoms with Crippen LogP contribution in [0.4, 0.5) is 17.1 Å². The van der Waals surface area contributed by atoms with E-state index < -0.39 is 0 Å². The Labute approximate surface area is 170 Å². The molecular weight excluding hydrogens is 360 g/mol. The van der Waals surface area contributed by atoms with Crippen molar-refractivity contribution >= 4 is 23.1 Å². The average Bonchev–Trinajstić information content (AvgIpc) is 2.72. The van der Waals surface area contributed by atoms with Crippen LogP contribution in [-0.4, -0.2) is 0 Å². The van der Waals surface area contributed by atoms with Gasteiger partial charge in [-0.05, 0) is 85.1 Å². The van der Waals surface area contributed by atoms with Crippen molar-refractivity contribution in [3.63, 3.8) is 0 Å². The highest BCUT2D eigenvalue weighted by Crippen LogP contribution is 2.34. The second-order valence-electron chi connectivity index (χ2n) is 6.61. The van der Waals surface area contributed by atoms with E-state index in [2.05, 4.69) is 11.4 Å². The Morgan fingerprint density at radius 2 is 1.66 bits per heavy atom. The number of nitriles is 2. The molecule has 5 nitrogen and oxygen atoms in total. The van der Waals surface area contributed by atoms with Gasteiger partial charge in [-0.25, -0.2) is 0 Å². The van der Waals surface area contributed by atoms with Gasteiger partial charge < -0.3 is 15.8 Å². The SMILES string of the molecule is Cc1cc(/C=C/C#N)cc(C)c1Oc1ccc(N)c(Nc2ccc(C#N)cc2)c1. The molecule has 0 spiro atoms. The number of aryl methyl sites for hydroxylation is 2. The Bertz CT molecular complexity index is 1130. The second kappa shape index (κ2) is 8.65. The highest BCUT2D eigenvalue weighted by atomic mass is 16.5. The van der Waals surface area contributed by atoms with E-state index in [4.69, 9.17) is 21.0 Å². The molecule has 0 atom stereocenters. The lowest BCUT2D eigenvalue weighted by atomic mass is 10.1. The molecule has 0 amide bonds. The maximum Gasteiger partial charge on any atom is 0.133 e. The van der Waals surface area contributed by atoms with Gasteiger partial charge in [0.05, 0.1) is 29.1 Å². The number of rotatable bonds is 5. The number of nitrogens with zero attached hydrogens (tertiary/aromatic N) is 2. The Kier molecular flexibility index (Phi) is 5.83. The first kappa shape index (κ1) is 19.5. The zero-order valence-electron chi connectivity index (χ0n) is 16.2. The van der Waals surface area contributed by atoms with E-state index in [1.165, 1.54) is 6.08 Å². The number of ether oxygens (including phenoxy) is 1. The summed E-state index contributed by atoms with van der Waals surface area (Å²) in [5.74, 6) is 1.43. The standard InChI is InChI=1S/C24H20N4O/c1-16-12-19(4-3-11-25)13-17(2)24(16)29-21-9-10-22(27)23(14-21)28-20-7-5-18(15-26)6-8-20/h3-10,12-14,28H,27H2,1-2H3/b4-3+. The van der Waals surface area contributed by atoms with Crippen LogP contribution in [-0.2, 0) is 0 Å². The smallest absolute Gasteiger partial charge is 0.133 e. The van der Waals surface area contributed by atoms with E-state index in [1.54, 1.807) is 24.3 Å². The van der Waals surface area contributed by atoms with Crippen molar-refractivity contribution in [2.75, 3.05) is 11.1 Å². The van der Waals surface area contributed by atoms with Crippen molar-refractivity contribution in [2.24, 2.45) is 0 Å². The maximum absolute atomic E-state index is 8.92. The van der Waals surface area contributed by atoms with Crippen LogP contribution in [0.3, 0.4) is 0 Å². The van der Waals surface area contributed by atoms with Crippen LogP contribution in [0.1, 0.15) is 22.3 Å². The Balaban J connectivity index is 1.85. The summed E-state index contributed by atoms with van der Waals surface area (Å²) in [4.78, 5) is 0. The van der Waals surface area contributed by atoms with Gasteiger partial charge in [0.15, 0.2) is 0 Å². The predicted molar refractivity (Wildman–Crippen MR) is 116 cm³/mol. The van der Waals surface area contributed by atoms with Gasteiger partial charge >= 0.3 is 0 Å². The molecule has 0 fully saturated rings. The summed E-state index contributed by atoms with van der Waals surface area (Å²) in [5.41, 5.74) is 11.7. The highest BCUT2D eigenvalue weighted by molar-refractivity contribution is 5.74. The van der Waals surface area contributed by atoms with Gasteiger partial charge in [0.1, 0.15) is 11.5 Å². The van der Waals surface area contributed by atoms with E-state index in [0.717, 1.165) is 33.8 Å². The molecule has 3 aromatic rings. The highest BCUT2D eigenvalue weighted by Gasteiger charge is 2.09. The van der Waals surface area contributed by atoms with Gasteiger partial charge in [0.25, 0.3) is 0 Å². The first-order valence-electron chi connectivity index (χ1n) is 9.02. The molecule has 142 valence electrons. The largest absolute Gasteiger partial charge is 0.457 e. The number of allylic oxidation sites excluding steroid dienone is 1. The average molecular weight is 380 g/mol. The zero-order valence-corrected chi connectivity index (χ0v) is 16.2. The van der Waals surface area contributed by atoms with E-state index in [-0.39, 0.29) is 0 Å². The van der Waals surface area contributed by atoms with Crippen molar-refractivity contribution in [3.8, 4) is 23.6 Å². The lowest BCUT2D eigenvalue weighted by Gasteiger charge is -2.15. The fraction of sp³-hybridized carbons (Fsp3) is 0.0833. The molecule has 0 unspecified atom stereocenters. The zero-order chi connectivity index (χ0) is 20.8. The molecule has 0 aliphatic heterocycles. The van der Waals surface area contributed by atoms with Crippen molar-refractivity contribution < 1.29 is 4.74 Å². The van der Waals surface area contributed by atoms with Crippen molar-refractivity contribution in [1.82, 2.24) is 0 Å². The summed E-state index contributed by atoms with van der Waals surface area (Å²) < 4.78 is 6.14. The van der Waals surface area contributed by atoms with Crippen molar-refractivity contribution in [2.45, 2.75) is 13.8 Å². The second-order valence-corrected chi connectivity index (χ2v) is 6.61. The lowest BCUT2D eigenvalue weighted by Crippen LogP contribution is -1.98. The first-order chi connectivity index (χ1) is 14.0. The minimum atomic E-state index is 0.590. The van der Waals surface area contributed by atoms with E-state index >= 15 is 0 Å². The van der Waals surface area contributed by atoms with Crippen LogP contribution in [0.2, 0.25) is 0 Å². The molecule has 3 N–H and O–H groups in total. The Hall–Kier alpha value is -4.22. The monoisotopic (exact) mass is 380 g/mol. The summed E-state index contributed by atoms with van der Waals surface area (Å²) in [5, 5.41) is 20.9. The molecule has 0 saturated carbocycles. The number of nitrogens with two attached hydrogens (primary N) is 1. The molecule has 3 rings (SSSR count). The Morgan fingerprint density at radius 1 is 0.966 bits per heavy atom. The van der Waals surface area contributed by atoms with E-state index in [1.807, 2.05) is 56.3 Å². The van der Waals surface area contributed by atoms with Gasteiger partial charge in [0, 0.05) is 17.8 Å². The van der Waals surface area contributed by atoms with Gasteiger partial charge in [-0.1, -0.05) is 0 Å². The third kappa shape index (κ3) is 4.74. The van der Waals surface area contributed by atoms with Gasteiger partial charge in [0.2, 0.25) is 0 Å². The summed E-state index contributed by atoms with van der Waals surface area (Å²) in [7, 11) is 0. The van der Waals surface area contributed by atoms with Crippen LogP contribution >= 0.6 is 0 Å². The molecule has 0 aromatic heterocycles. The van der Waals surface area contributed by atoms with Crippen LogP contribution in [0, 0.1) is 36.5 Å². The summed E-state index contributed by atoms with van der Waals surface area (Å²) in [6.07, 6.45) is 3.22. The lowest BCUT2D eigenvalue weighted by molar-refractivity contribution is 0.475. The molecule has 5 heteroatoms. The number of hydrogen-bond acceptors (Lipinski definition) is 5. The summed E-state index contributed by atoms with van der Waals surface area (Å²) in [6, 6.07) is 20.6. The number of benzene rings is 3. The molecule has 0 aliphatic rings. The van der Waals surface area contributed by atoms with E-state index in [9.17, 15) is 0 Å². The molecule has 0 heterocycles. The number of nitrogens with one attached hydrogen (secondary N) is 1. The van der Waals surface area contributed by atoms with Crippen LogP contribution in [0.25, 0.3) is 6.08 Å². The number of nitrogen functional groups attached to an aromatic ring is 1. The third-order valence-electron chi connectivity index (χ3n) is 4.37. The van der Waals surface area contributed by atoms with Crippen molar-refractivity contribution in [3.05, 3.63) is 82.9 Å². The fourth-order valence-electron chi connectivity index (χ4n) is 2.98. The van der Waals surface area contributed by atoms with Gasteiger partial charge in [-0.15, -0.1) is 0 Å². The fourth-order valence-corrected chi connectivity index (χ4v) is 2.98. The first-order valence-corrected chi connectivity index (χ1v) is 9.02. The Morgan fingerprint density at radius 3 is 2.28 bits per heavy atom. The molecular formula is C24H20N4O. The van der Waals surface area contributed by atoms with Crippen LogP contribution in [0.15, 0.2) is 60.7 Å². The van der Waals surface area contributed by atoms with E-state index in [0.29, 0.717) is 17.0 Å². The molecule has 3 aromatic carbocycles. The van der Waals surface area contributed by atoms with Crippen LogP contribution in [0.5, 0.6) is 11.5 Å². The summed E-state index contributed by atoms with van der Waals surface area (Å²) in [6.45, 7) is 3.94. The van der Waals surface area contributed by atoms with Crippen molar-refractivity contribution in [1.29, 1.82) is 10.5 Å². The molecule has 0 aliphatic carbocycles. The van der Waals surface area contributed by atoms with Gasteiger partial charge in [-0.2, -0.15) is 10.5 Å². The minimum absolute atomic E-state index is 0.590. The number of anilines is 3. The molecule has 0 saturated heterocycles. The minimum Gasteiger partial charge on any atom is -0.457 e. The summed E-state index contributed by atoms with van der Waals surface area (Å²) >= 11 is 0. The molecule has 29 heavy (non-hydrogen) atoms. The number of hydrogen-bond donors (Lipinski definition) is 2. The quantitative estimate of drug-likeness (QED) is 0.429. The van der Waals surface area contributed by atoms with Crippen LogP contribution < -0.4 is 15.8 Å². The third-order valence-corrected chi connectivity index (χ3v) is 4.37. The normalized spacial score (nSPS) is 10.3. The maximum atomic E-state index is 8.92. The molecule has 0 radical (unpaired) electrons.